The van der Waals surface area contributed by atoms with Gasteiger partial charge in [-0.1, -0.05) is 66.5 Å². The number of anilines is 1. The summed E-state index contributed by atoms with van der Waals surface area (Å²) in [5, 5.41) is 2.99. The maximum absolute atomic E-state index is 13.4. The van der Waals surface area contributed by atoms with Crippen molar-refractivity contribution >= 4 is 50.7 Å². The van der Waals surface area contributed by atoms with Crippen molar-refractivity contribution in [3.05, 3.63) is 64.1 Å². The van der Waals surface area contributed by atoms with Crippen molar-refractivity contribution in [2.24, 2.45) is 0 Å². The average molecular weight is 514 g/mol. The van der Waals surface area contributed by atoms with Gasteiger partial charge >= 0.3 is 0 Å². The first-order valence-corrected chi connectivity index (χ1v) is 13.2. The predicted molar refractivity (Wildman–Crippen MR) is 133 cm³/mol. The molecule has 180 valence electrons. The molecule has 0 aliphatic heterocycles. The molecule has 7 nitrogen and oxygen atoms in total. The molecular weight excluding hydrogens is 485 g/mol. The lowest BCUT2D eigenvalue weighted by Crippen LogP contribution is -2.52. The number of hydrogen-bond acceptors (Lipinski definition) is 4. The van der Waals surface area contributed by atoms with Crippen molar-refractivity contribution < 1.29 is 18.0 Å². The van der Waals surface area contributed by atoms with E-state index in [1.54, 1.807) is 13.0 Å². The summed E-state index contributed by atoms with van der Waals surface area (Å²) in [6, 6.07) is 13.3. The summed E-state index contributed by atoms with van der Waals surface area (Å²) in [6.07, 6.45) is 2.25. The SMILES string of the molecule is CCCNC(=O)[C@H](C)N(CCc1ccccc1)C(=O)CN(c1cccc(Cl)c1Cl)S(C)(=O)=O. The standard InChI is InChI=1S/C23H29Cl2N3O4S/c1-4-14-26-23(30)17(2)27(15-13-18-9-6-5-7-10-18)21(29)16-28(33(3,31)32)20-12-8-11-19(24)22(20)25/h5-12,17H,4,13-16H2,1-3H3,(H,26,30)/t17-/m0/s1. The molecule has 0 spiro atoms. The number of hydrogen-bond donors (Lipinski definition) is 1. The Balaban J connectivity index is 2.33. The van der Waals surface area contributed by atoms with Crippen molar-refractivity contribution in [2.45, 2.75) is 32.7 Å². The molecule has 0 radical (unpaired) electrons. The molecule has 1 N–H and O–H groups in total. The Labute approximate surface area is 205 Å². The fourth-order valence-corrected chi connectivity index (χ4v) is 4.55. The van der Waals surface area contributed by atoms with E-state index >= 15 is 0 Å². The lowest BCUT2D eigenvalue weighted by Gasteiger charge is -2.31. The highest BCUT2D eigenvalue weighted by molar-refractivity contribution is 7.92. The second kappa shape index (κ2) is 12.3. The minimum Gasteiger partial charge on any atom is -0.354 e. The molecular formula is C23H29Cl2N3O4S. The summed E-state index contributed by atoms with van der Waals surface area (Å²) in [7, 11) is -3.87. The van der Waals surface area contributed by atoms with Crippen molar-refractivity contribution in [1.82, 2.24) is 10.2 Å². The van der Waals surface area contributed by atoms with Gasteiger partial charge in [0.15, 0.2) is 0 Å². The van der Waals surface area contributed by atoms with Crippen LogP contribution >= 0.6 is 23.2 Å². The van der Waals surface area contributed by atoms with E-state index in [0.717, 1.165) is 22.5 Å². The van der Waals surface area contributed by atoms with Gasteiger partial charge in [0.25, 0.3) is 0 Å². The Morgan fingerprint density at radius 2 is 1.73 bits per heavy atom. The van der Waals surface area contributed by atoms with E-state index in [4.69, 9.17) is 23.2 Å². The summed E-state index contributed by atoms with van der Waals surface area (Å²) < 4.78 is 26.0. The van der Waals surface area contributed by atoms with Gasteiger partial charge in [0.05, 0.1) is 22.0 Å². The van der Waals surface area contributed by atoms with Crippen LogP contribution in [0.4, 0.5) is 5.69 Å². The van der Waals surface area contributed by atoms with Crippen LogP contribution in [0.3, 0.4) is 0 Å². The maximum Gasteiger partial charge on any atom is 0.244 e. The van der Waals surface area contributed by atoms with Crippen molar-refractivity contribution in [2.75, 3.05) is 30.2 Å². The van der Waals surface area contributed by atoms with Crippen molar-refractivity contribution in [3.63, 3.8) is 0 Å². The van der Waals surface area contributed by atoms with Crippen LogP contribution in [-0.2, 0) is 26.0 Å². The van der Waals surface area contributed by atoms with Crippen LogP contribution in [0, 0.1) is 0 Å². The number of amides is 2. The fraction of sp³-hybridized carbons (Fsp3) is 0.391. The van der Waals surface area contributed by atoms with Crippen LogP contribution in [0.25, 0.3) is 0 Å². The molecule has 2 aromatic carbocycles. The minimum atomic E-state index is -3.87. The highest BCUT2D eigenvalue weighted by atomic mass is 35.5. The second-order valence-electron chi connectivity index (χ2n) is 7.63. The number of nitrogens with one attached hydrogen (secondary N) is 1. The van der Waals surface area contributed by atoms with Crippen LogP contribution in [0.1, 0.15) is 25.8 Å². The quantitative estimate of drug-likeness (QED) is 0.495. The van der Waals surface area contributed by atoms with Crippen molar-refractivity contribution in [3.8, 4) is 0 Å². The smallest absolute Gasteiger partial charge is 0.244 e. The Morgan fingerprint density at radius 1 is 1.06 bits per heavy atom. The molecule has 10 heteroatoms. The highest BCUT2D eigenvalue weighted by Crippen LogP contribution is 2.33. The second-order valence-corrected chi connectivity index (χ2v) is 10.3. The van der Waals surface area contributed by atoms with E-state index < -0.39 is 28.5 Å². The number of rotatable bonds is 11. The summed E-state index contributed by atoms with van der Waals surface area (Å²) in [5.74, 6) is -0.823. The van der Waals surface area contributed by atoms with Gasteiger partial charge < -0.3 is 10.2 Å². The van der Waals surface area contributed by atoms with Crippen LogP contribution in [0.2, 0.25) is 10.0 Å². The lowest BCUT2D eigenvalue weighted by molar-refractivity contribution is -0.138. The first-order valence-electron chi connectivity index (χ1n) is 10.6. The highest BCUT2D eigenvalue weighted by Gasteiger charge is 2.30. The summed E-state index contributed by atoms with van der Waals surface area (Å²) in [6.45, 7) is 3.77. The molecule has 2 amide bonds. The zero-order valence-electron chi connectivity index (χ0n) is 18.9. The third-order valence-electron chi connectivity index (χ3n) is 5.08. The molecule has 33 heavy (non-hydrogen) atoms. The Morgan fingerprint density at radius 3 is 2.33 bits per heavy atom. The molecule has 0 heterocycles. The Kier molecular flexibility index (Phi) is 10.0. The Hall–Kier alpha value is -2.29. The van der Waals surface area contributed by atoms with Gasteiger partial charge in [0, 0.05) is 13.1 Å². The van der Waals surface area contributed by atoms with E-state index in [2.05, 4.69) is 5.32 Å². The van der Waals surface area contributed by atoms with Gasteiger partial charge in [0.2, 0.25) is 21.8 Å². The third-order valence-corrected chi connectivity index (χ3v) is 7.02. The minimum absolute atomic E-state index is 0.0296. The van der Waals surface area contributed by atoms with Crippen LogP contribution in [0.15, 0.2) is 48.5 Å². The summed E-state index contributed by atoms with van der Waals surface area (Å²) in [5.41, 5.74) is 1.10. The molecule has 0 aromatic heterocycles. The molecule has 0 aliphatic rings. The lowest BCUT2D eigenvalue weighted by atomic mass is 10.1. The van der Waals surface area contributed by atoms with Gasteiger partial charge in [0.1, 0.15) is 12.6 Å². The zero-order chi connectivity index (χ0) is 24.6. The number of halogens is 2. The zero-order valence-corrected chi connectivity index (χ0v) is 21.3. The van der Waals surface area contributed by atoms with Gasteiger partial charge in [-0.2, -0.15) is 0 Å². The normalized spacial score (nSPS) is 12.2. The maximum atomic E-state index is 13.4. The van der Waals surface area contributed by atoms with Crippen LogP contribution in [-0.4, -0.2) is 57.1 Å². The molecule has 1 atom stereocenters. The van der Waals surface area contributed by atoms with E-state index in [1.165, 1.54) is 17.0 Å². The first-order chi connectivity index (χ1) is 15.6. The average Bonchev–Trinajstić information content (AvgIpc) is 2.77. The topological polar surface area (TPSA) is 86.8 Å². The van der Waals surface area contributed by atoms with Crippen LogP contribution in [0.5, 0.6) is 0 Å². The Bertz CT molecular complexity index is 1060. The molecule has 0 saturated carbocycles. The summed E-state index contributed by atoms with van der Waals surface area (Å²) in [4.78, 5) is 27.4. The van der Waals surface area contributed by atoms with Crippen molar-refractivity contribution in [1.29, 1.82) is 0 Å². The molecule has 0 saturated heterocycles. The summed E-state index contributed by atoms with van der Waals surface area (Å²) >= 11 is 12.3. The van der Waals surface area contributed by atoms with Gasteiger partial charge in [-0.15, -0.1) is 0 Å². The van der Waals surface area contributed by atoms with E-state index in [1.807, 2.05) is 37.3 Å². The molecule has 0 unspecified atom stereocenters. The molecule has 2 aromatic rings. The fourth-order valence-electron chi connectivity index (χ4n) is 3.25. The van der Waals surface area contributed by atoms with E-state index in [0.29, 0.717) is 13.0 Å². The largest absolute Gasteiger partial charge is 0.354 e. The van der Waals surface area contributed by atoms with Gasteiger partial charge in [-0.3, -0.25) is 13.9 Å². The van der Waals surface area contributed by atoms with E-state index in [-0.39, 0.29) is 28.2 Å². The molecule has 0 fully saturated rings. The molecule has 2 rings (SSSR count). The van der Waals surface area contributed by atoms with Gasteiger partial charge in [-0.25, -0.2) is 8.42 Å². The van der Waals surface area contributed by atoms with E-state index in [9.17, 15) is 18.0 Å². The predicted octanol–water partition coefficient (Wildman–Crippen LogP) is 3.75. The monoisotopic (exact) mass is 513 g/mol. The molecule has 0 bridgehead atoms. The number of carbonyl (C=O) groups is 2. The third kappa shape index (κ3) is 7.62. The number of carbonyl (C=O) groups excluding carboxylic acids is 2. The van der Waals surface area contributed by atoms with Crippen LogP contribution < -0.4 is 9.62 Å². The number of sulfonamides is 1. The van der Waals surface area contributed by atoms with Gasteiger partial charge in [-0.05, 0) is 37.5 Å². The number of nitrogens with zero attached hydrogens (tertiary/aromatic N) is 2. The molecule has 0 aliphatic carbocycles. The first kappa shape index (κ1) is 27.0. The number of benzene rings is 2.